The molecule has 0 spiro atoms. The van der Waals surface area contributed by atoms with E-state index in [1.165, 1.54) is 0 Å². The molecule has 0 fully saturated rings. The molecule has 0 radical (unpaired) electrons. The van der Waals surface area contributed by atoms with Gasteiger partial charge in [-0.15, -0.1) is 0 Å². The van der Waals surface area contributed by atoms with Gasteiger partial charge in [-0.1, -0.05) is 19.0 Å². The summed E-state index contributed by atoms with van der Waals surface area (Å²) >= 11 is 0. The van der Waals surface area contributed by atoms with Gasteiger partial charge in [-0.2, -0.15) is 0 Å². The van der Waals surface area contributed by atoms with E-state index >= 15 is 0 Å². The van der Waals surface area contributed by atoms with Crippen LogP contribution in [0.4, 0.5) is 0 Å². The second kappa shape index (κ2) is 5.95. The highest BCUT2D eigenvalue weighted by molar-refractivity contribution is 5.85. The Labute approximate surface area is 93.1 Å². The molecule has 0 aromatic carbocycles. The van der Waals surface area contributed by atoms with Crippen LogP contribution in [0.1, 0.15) is 40.5 Å². The average Bonchev–Trinajstić information content (AvgIpc) is 2.15. The number of amidine groups is 1. The summed E-state index contributed by atoms with van der Waals surface area (Å²) < 4.78 is 0. The number of hydrogen-bond acceptors (Lipinski definition) is 3. The summed E-state index contributed by atoms with van der Waals surface area (Å²) in [6.07, 6.45) is 1.98. The number of oxime groups is 1. The summed E-state index contributed by atoms with van der Waals surface area (Å²) in [6, 6.07) is 0.567. The lowest BCUT2D eigenvalue weighted by molar-refractivity contribution is 0.254. The Morgan fingerprint density at radius 3 is 2.40 bits per heavy atom. The van der Waals surface area contributed by atoms with Gasteiger partial charge >= 0.3 is 0 Å². The standard InChI is InChI=1S/C11H25N3O/c1-9(2)14(5)8-6-7-11(3,4)10(12)13-15/h9,15H,6-8H2,1-5H3,(H2,12,13). The summed E-state index contributed by atoms with van der Waals surface area (Å²) in [5.41, 5.74) is 5.40. The molecule has 0 aliphatic carbocycles. The van der Waals surface area contributed by atoms with Crippen LogP contribution in [-0.2, 0) is 0 Å². The maximum atomic E-state index is 8.62. The first-order valence-corrected chi connectivity index (χ1v) is 5.49. The minimum atomic E-state index is -0.216. The smallest absolute Gasteiger partial charge is 0.144 e. The molecule has 0 bridgehead atoms. The third-order valence-corrected chi connectivity index (χ3v) is 3.00. The van der Waals surface area contributed by atoms with Crippen LogP contribution in [-0.4, -0.2) is 35.6 Å². The van der Waals surface area contributed by atoms with E-state index in [-0.39, 0.29) is 5.41 Å². The Morgan fingerprint density at radius 1 is 1.47 bits per heavy atom. The van der Waals surface area contributed by atoms with Crippen molar-refractivity contribution in [2.45, 2.75) is 46.6 Å². The molecule has 0 unspecified atom stereocenters. The third-order valence-electron chi connectivity index (χ3n) is 3.00. The lowest BCUT2D eigenvalue weighted by Gasteiger charge is -2.26. The van der Waals surface area contributed by atoms with Crippen molar-refractivity contribution >= 4 is 5.84 Å². The van der Waals surface area contributed by atoms with Crippen molar-refractivity contribution in [1.29, 1.82) is 0 Å². The first-order chi connectivity index (χ1) is 6.81. The molecule has 0 aliphatic rings. The van der Waals surface area contributed by atoms with Gasteiger partial charge < -0.3 is 15.8 Å². The SMILES string of the molecule is CC(C)N(C)CCCC(C)(C)C(N)=NO. The van der Waals surface area contributed by atoms with Gasteiger partial charge in [0.15, 0.2) is 0 Å². The van der Waals surface area contributed by atoms with E-state index in [4.69, 9.17) is 10.9 Å². The van der Waals surface area contributed by atoms with Gasteiger partial charge in [-0.05, 0) is 40.3 Å². The van der Waals surface area contributed by atoms with E-state index < -0.39 is 0 Å². The Hall–Kier alpha value is -0.770. The van der Waals surface area contributed by atoms with Crippen LogP contribution < -0.4 is 5.73 Å². The van der Waals surface area contributed by atoms with Crippen LogP contribution >= 0.6 is 0 Å². The number of nitrogens with zero attached hydrogens (tertiary/aromatic N) is 2. The minimum Gasteiger partial charge on any atom is -0.409 e. The normalized spacial score (nSPS) is 13.9. The van der Waals surface area contributed by atoms with Crippen molar-refractivity contribution < 1.29 is 5.21 Å². The first-order valence-electron chi connectivity index (χ1n) is 5.49. The predicted octanol–water partition coefficient (Wildman–Crippen LogP) is 1.88. The molecule has 90 valence electrons. The Bertz CT molecular complexity index is 212. The van der Waals surface area contributed by atoms with Gasteiger partial charge in [0.05, 0.1) is 0 Å². The Morgan fingerprint density at radius 2 is 2.00 bits per heavy atom. The summed E-state index contributed by atoms with van der Waals surface area (Å²) in [4.78, 5) is 2.29. The van der Waals surface area contributed by atoms with Crippen molar-refractivity contribution in [2.24, 2.45) is 16.3 Å². The van der Waals surface area contributed by atoms with Crippen LogP contribution in [0, 0.1) is 5.41 Å². The van der Waals surface area contributed by atoms with Gasteiger partial charge in [-0.25, -0.2) is 0 Å². The van der Waals surface area contributed by atoms with Crippen molar-refractivity contribution in [3.8, 4) is 0 Å². The summed E-state index contributed by atoms with van der Waals surface area (Å²) in [5.74, 6) is 0.315. The van der Waals surface area contributed by atoms with Gasteiger partial charge in [-0.3, -0.25) is 0 Å². The van der Waals surface area contributed by atoms with Gasteiger partial charge in [0, 0.05) is 11.5 Å². The predicted molar refractivity (Wildman–Crippen MR) is 64.2 cm³/mol. The molecule has 0 heterocycles. The average molecular weight is 215 g/mol. The molecule has 4 heteroatoms. The van der Waals surface area contributed by atoms with Crippen LogP contribution in [0.15, 0.2) is 5.16 Å². The maximum absolute atomic E-state index is 8.62. The molecular weight excluding hydrogens is 190 g/mol. The van der Waals surface area contributed by atoms with Gasteiger partial charge in [0.25, 0.3) is 0 Å². The Kier molecular flexibility index (Phi) is 5.65. The summed E-state index contributed by atoms with van der Waals surface area (Å²) in [5, 5.41) is 11.7. The molecule has 0 amide bonds. The van der Waals surface area contributed by atoms with Gasteiger partial charge in [0.2, 0.25) is 0 Å². The second-order valence-electron chi connectivity index (χ2n) is 5.05. The zero-order chi connectivity index (χ0) is 12.1. The second-order valence-corrected chi connectivity index (χ2v) is 5.05. The molecular formula is C11H25N3O. The zero-order valence-corrected chi connectivity index (χ0v) is 10.6. The molecule has 0 saturated heterocycles. The lowest BCUT2D eigenvalue weighted by Crippen LogP contribution is -2.33. The largest absolute Gasteiger partial charge is 0.409 e. The molecule has 0 rings (SSSR count). The molecule has 0 saturated carbocycles. The van der Waals surface area contributed by atoms with E-state index in [1.54, 1.807) is 0 Å². The quantitative estimate of drug-likeness (QED) is 0.308. The van der Waals surface area contributed by atoms with E-state index in [0.29, 0.717) is 11.9 Å². The molecule has 3 N–H and O–H groups in total. The lowest BCUT2D eigenvalue weighted by atomic mass is 9.86. The molecule has 0 aromatic rings. The van der Waals surface area contributed by atoms with E-state index in [1.807, 2.05) is 13.8 Å². The summed E-state index contributed by atoms with van der Waals surface area (Å²) in [7, 11) is 2.11. The third kappa shape index (κ3) is 5.02. The highest BCUT2D eigenvalue weighted by Gasteiger charge is 2.23. The highest BCUT2D eigenvalue weighted by Crippen LogP contribution is 2.22. The van der Waals surface area contributed by atoms with Crippen LogP contribution in [0.3, 0.4) is 0 Å². The monoisotopic (exact) mass is 215 g/mol. The Balaban J connectivity index is 3.96. The molecule has 0 atom stereocenters. The maximum Gasteiger partial charge on any atom is 0.144 e. The van der Waals surface area contributed by atoms with Crippen LogP contribution in [0.2, 0.25) is 0 Å². The minimum absolute atomic E-state index is 0.216. The fourth-order valence-electron chi connectivity index (χ4n) is 1.29. The molecule has 0 aromatic heterocycles. The van der Waals surface area contributed by atoms with Crippen molar-refractivity contribution in [2.75, 3.05) is 13.6 Å². The highest BCUT2D eigenvalue weighted by atomic mass is 16.4. The van der Waals surface area contributed by atoms with E-state index in [0.717, 1.165) is 19.4 Å². The zero-order valence-electron chi connectivity index (χ0n) is 10.6. The van der Waals surface area contributed by atoms with Crippen LogP contribution in [0.5, 0.6) is 0 Å². The first kappa shape index (κ1) is 14.2. The van der Waals surface area contributed by atoms with Crippen molar-refractivity contribution in [3.63, 3.8) is 0 Å². The van der Waals surface area contributed by atoms with Crippen molar-refractivity contribution in [1.82, 2.24) is 4.90 Å². The fraction of sp³-hybridized carbons (Fsp3) is 0.909. The molecule has 0 aliphatic heterocycles. The topological polar surface area (TPSA) is 61.8 Å². The number of rotatable bonds is 6. The molecule has 15 heavy (non-hydrogen) atoms. The van der Waals surface area contributed by atoms with Crippen LogP contribution in [0.25, 0.3) is 0 Å². The number of hydrogen-bond donors (Lipinski definition) is 2. The fourth-order valence-corrected chi connectivity index (χ4v) is 1.29. The van der Waals surface area contributed by atoms with E-state index in [2.05, 4.69) is 31.0 Å². The summed E-state index contributed by atoms with van der Waals surface area (Å²) in [6.45, 7) is 9.39. The van der Waals surface area contributed by atoms with Gasteiger partial charge in [0.1, 0.15) is 5.84 Å². The number of nitrogens with two attached hydrogens (primary N) is 1. The van der Waals surface area contributed by atoms with Crippen molar-refractivity contribution in [3.05, 3.63) is 0 Å². The van der Waals surface area contributed by atoms with E-state index in [9.17, 15) is 0 Å². The molecule has 4 nitrogen and oxygen atoms in total.